The highest BCUT2D eigenvalue weighted by molar-refractivity contribution is 5.85. The van der Waals surface area contributed by atoms with Crippen molar-refractivity contribution in [1.29, 1.82) is 0 Å². The van der Waals surface area contributed by atoms with E-state index in [-0.39, 0.29) is 24.9 Å². The van der Waals surface area contributed by atoms with E-state index in [4.69, 9.17) is 9.84 Å². The third kappa shape index (κ3) is 6.39. The van der Waals surface area contributed by atoms with E-state index in [1.54, 1.807) is 0 Å². The quantitative estimate of drug-likeness (QED) is 0.673. The van der Waals surface area contributed by atoms with Crippen LogP contribution < -0.4 is 10.6 Å². The molecule has 108 valence electrons. The summed E-state index contributed by atoms with van der Waals surface area (Å²) in [6.07, 6.45) is -7.59. The summed E-state index contributed by atoms with van der Waals surface area (Å²) in [5.74, 6) is -0.568. The molecule has 0 spiro atoms. The monoisotopic (exact) mass is 292 g/mol. The molecule has 0 aromatic carbocycles. The molecular formula is C9H16ClF3N2O3. The molecule has 0 bridgehead atoms. The molecule has 1 fully saturated rings. The lowest BCUT2D eigenvalue weighted by atomic mass is 10.2. The first kappa shape index (κ1) is 17.4. The van der Waals surface area contributed by atoms with Gasteiger partial charge in [-0.2, -0.15) is 13.2 Å². The molecule has 0 saturated carbocycles. The van der Waals surface area contributed by atoms with Crippen LogP contribution in [0.15, 0.2) is 0 Å². The van der Waals surface area contributed by atoms with Crippen LogP contribution in [0.4, 0.5) is 13.2 Å². The van der Waals surface area contributed by atoms with Gasteiger partial charge in [-0.1, -0.05) is 0 Å². The third-order valence-corrected chi connectivity index (χ3v) is 2.29. The van der Waals surface area contributed by atoms with Crippen LogP contribution in [-0.2, 0) is 9.53 Å². The van der Waals surface area contributed by atoms with Gasteiger partial charge >= 0.3 is 6.18 Å². The largest absolute Gasteiger partial charge is 0.416 e. The number of alkyl halides is 3. The number of hydrogen-bond acceptors (Lipinski definition) is 4. The molecular weight excluding hydrogens is 277 g/mol. The van der Waals surface area contributed by atoms with E-state index >= 15 is 0 Å². The molecule has 1 saturated heterocycles. The molecule has 1 aliphatic heterocycles. The molecule has 2 atom stereocenters. The van der Waals surface area contributed by atoms with Gasteiger partial charge in [0.1, 0.15) is 0 Å². The van der Waals surface area contributed by atoms with Gasteiger partial charge in [0.15, 0.2) is 6.10 Å². The van der Waals surface area contributed by atoms with Gasteiger partial charge in [-0.05, 0) is 0 Å². The summed E-state index contributed by atoms with van der Waals surface area (Å²) in [6.45, 7) is 0.839. The summed E-state index contributed by atoms with van der Waals surface area (Å²) in [4.78, 5) is 11.2. The Hall–Kier alpha value is -0.570. The van der Waals surface area contributed by atoms with E-state index in [0.29, 0.717) is 19.7 Å². The van der Waals surface area contributed by atoms with E-state index in [0.717, 1.165) is 0 Å². The number of carbonyl (C=O) groups excluding carboxylic acids is 1. The van der Waals surface area contributed by atoms with Gasteiger partial charge in [0.05, 0.1) is 25.7 Å². The predicted molar refractivity (Wildman–Crippen MR) is 59.5 cm³/mol. The second-order valence-electron chi connectivity index (χ2n) is 3.76. The lowest BCUT2D eigenvalue weighted by molar-refractivity contribution is -0.201. The van der Waals surface area contributed by atoms with E-state index in [1.807, 2.05) is 5.32 Å². The zero-order chi connectivity index (χ0) is 12.9. The second kappa shape index (κ2) is 7.78. The lowest BCUT2D eigenvalue weighted by Gasteiger charge is -2.23. The lowest BCUT2D eigenvalue weighted by Crippen LogP contribution is -2.44. The van der Waals surface area contributed by atoms with E-state index in [1.165, 1.54) is 0 Å². The van der Waals surface area contributed by atoms with Crippen LogP contribution in [0.25, 0.3) is 0 Å². The first-order valence-corrected chi connectivity index (χ1v) is 5.23. The van der Waals surface area contributed by atoms with Crippen LogP contribution in [0.2, 0.25) is 0 Å². The number of amides is 1. The van der Waals surface area contributed by atoms with Crippen molar-refractivity contribution in [1.82, 2.24) is 10.6 Å². The first-order chi connectivity index (χ1) is 7.89. The summed E-state index contributed by atoms with van der Waals surface area (Å²) >= 11 is 0. The van der Waals surface area contributed by atoms with Gasteiger partial charge in [-0.15, -0.1) is 12.4 Å². The number of halogens is 4. The molecule has 1 aliphatic rings. The smallest absolute Gasteiger partial charge is 0.382 e. The molecule has 0 aliphatic carbocycles. The summed E-state index contributed by atoms with van der Waals surface area (Å²) < 4.78 is 41.0. The standard InChI is InChI=1S/C9H15F3N2O3.ClH/c10-9(11,12)7(15)5-14-8(16)3-6-4-13-1-2-17-6;/h6-7,13,15H,1-5H2,(H,14,16);1H. The SMILES string of the molecule is Cl.O=C(CC1CNCCO1)NCC(O)C(F)(F)F. The fourth-order valence-corrected chi connectivity index (χ4v) is 1.36. The Kier molecular flexibility index (Phi) is 7.53. The average Bonchev–Trinajstić information content (AvgIpc) is 2.26. The number of aliphatic hydroxyl groups is 1. The topological polar surface area (TPSA) is 70.6 Å². The molecule has 2 unspecified atom stereocenters. The number of aliphatic hydroxyl groups excluding tert-OH is 1. The van der Waals surface area contributed by atoms with Crippen LogP contribution in [0.1, 0.15) is 6.42 Å². The number of hydrogen-bond donors (Lipinski definition) is 3. The zero-order valence-electron chi connectivity index (χ0n) is 9.50. The normalized spacial score (nSPS) is 21.9. The maximum Gasteiger partial charge on any atom is 0.416 e. The van der Waals surface area contributed by atoms with Crippen LogP contribution >= 0.6 is 12.4 Å². The molecule has 1 heterocycles. The minimum absolute atomic E-state index is 0. The number of morpholine rings is 1. The van der Waals surface area contributed by atoms with E-state index < -0.39 is 24.7 Å². The number of carbonyl (C=O) groups is 1. The number of rotatable bonds is 4. The second-order valence-corrected chi connectivity index (χ2v) is 3.76. The minimum Gasteiger partial charge on any atom is -0.382 e. The predicted octanol–water partition coefficient (Wildman–Crippen LogP) is -0.174. The summed E-state index contributed by atoms with van der Waals surface area (Å²) in [7, 11) is 0. The van der Waals surface area contributed by atoms with Gasteiger partial charge in [-0.3, -0.25) is 4.79 Å². The minimum atomic E-state index is -4.71. The van der Waals surface area contributed by atoms with Crippen molar-refractivity contribution in [3.05, 3.63) is 0 Å². The van der Waals surface area contributed by atoms with Crippen LogP contribution in [-0.4, -0.2) is 55.6 Å². The third-order valence-electron chi connectivity index (χ3n) is 2.29. The van der Waals surface area contributed by atoms with Crippen molar-refractivity contribution >= 4 is 18.3 Å². The fraction of sp³-hybridized carbons (Fsp3) is 0.889. The van der Waals surface area contributed by atoms with Crippen molar-refractivity contribution in [2.45, 2.75) is 24.8 Å². The Morgan fingerprint density at radius 2 is 2.22 bits per heavy atom. The van der Waals surface area contributed by atoms with Gasteiger partial charge in [-0.25, -0.2) is 0 Å². The van der Waals surface area contributed by atoms with E-state index in [9.17, 15) is 18.0 Å². The Morgan fingerprint density at radius 1 is 1.56 bits per heavy atom. The van der Waals surface area contributed by atoms with Crippen molar-refractivity contribution in [2.75, 3.05) is 26.2 Å². The van der Waals surface area contributed by atoms with Crippen LogP contribution in [0.3, 0.4) is 0 Å². The fourth-order valence-electron chi connectivity index (χ4n) is 1.36. The Balaban J connectivity index is 0.00000289. The maximum atomic E-state index is 11.9. The van der Waals surface area contributed by atoms with Crippen LogP contribution in [0, 0.1) is 0 Å². The molecule has 1 rings (SSSR count). The first-order valence-electron chi connectivity index (χ1n) is 5.23. The molecule has 0 aromatic heterocycles. The molecule has 0 aromatic rings. The van der Waals surface area contributed by atoms with Gasteiger partial charge in [0.25, 0.3) is 0 Å². The van der Waals surface area contributed by atoms with Gasteiger partial charge in [0, 0.05) is 13.1 Å². The Labute approximate surface area is 108 Å². The van der Waals surface area contributed by atoms with Gasteiger partial charge in [0.2, 0.25) is 5.91 Å². The van der Waals surface area contributed by atoms with Crippen molar-refractivity contribution in [3.8, 4) is 0 Å². The molecule has 9 heteroatoms. The van der Waals surface area contributed by atoms with Crippen molar-refractivity contribution in [3.63, 3.8) is 0 Å². The average molecular weight is 293 g/mol. The highest BCUT2D eigenvalue weighted by Gasteiger charge is 2.38. The number of ether oxygens (including phenoxy) is 1. The van der Waals surface area contributed by atoms with Crippen LogP contribution in [0.5, 0.6) is 0 Å². The number of nitrogens with one attached hydrogen (secondary N) is 2. The molecule has 1 amide bonds. The highest BCUT2D eigenvalue weighted by Crippen LogP contribution is 2.19. The Morgan fingerprint density at radius 3 is 2.72 bits per heavy atom. The highest BCUT2D eigenvalue weighted by atomic mass is 35.5. The summed E-state index contributed by atoms with van der Waals surface area (Å²) in [6, 6.07) is 0. The molecule has 5 nitrogen and oxygen atoms in total. The van der Waals surface area contributed by atoms with Gasteiger partial charge < -0.3 is 20.5 Å². The Bertz CT molecular complexity index is 260. The summed E-state index contributed by atoms with van der Waals surface area (Å²) in [5, 5.41) is 13.7. The van der Waals surface area contributed by atoms with Crippen molar-refractivity contribution in [2.24, 2.45) is 0 Å². The molecule has 0 radical (unpaired) electrons. The molecule has 18 heavy (non-hydrogen) atoms. The van der Waals surface area contributed by atoms with Crippen molar-refractivity contribution < 1.29 is 27.8 Å². The summed E-state index contributed by atoms with van der Waals surface area (Å²) in [5.41, 5.74) is 0. The zero-order valence-corrected chi connectivity index (χ0v) is 10.3. The van der Waals surface area contributed by atoms with E-state index in [2.05, 4.69) is 5.32 Å². The maximum absolute atomic E-state index is 11.9. The molecule has 3 N–H and O–H groups in total.